The summed E-state index contributed by atoms with van der Waals surface area (Å²) in [5.74, 6) is -1.99. The minimum atomic E-state index is -0.879. The average molecular weight is 436 g/mol. The maximum atomic E-state index is 13.7. The zero-order valence-corrected chi connectivity index (χ0v) is 18.6. The molecule has 1 aromatic heterocycles. The standard InChI is InChI=1S/C24H25FN4O3/c1-24(2,3)21(31)18-19(13-6-9-15(10-7-13)28(4)5)29(22(32)20(18)30)23-26-16-11-8-14(25)12-17(16)27-23/h6-12,19,30H,1-5H3,(H,26,27). The predicted molar refractivity (Wildman–Crippen MR) is 121 cm³/mol. The molecule has 3 aromatic rings. The van der Waals surface area contributed by atoms with Crippen LogP contribution in [0.2, 0.25) is 0 Å². The highest BCUT2D eigenvalue weighted by Crippen LogP contribution is 2.43. The highest BCUT2D eigenvalue weighted by molar-refractivity contribution is 6.17. The second-order valence-electron chi connectivity index (χ2n) is 9.13. The van der Waals surface area contributed by atoms with Gasteiger partial charge in [0.1, 0.15) is 5.82 Å². The van der Waals surface area contributed by atoms with Crippen molar-refractivity contribution in [2.24, 2.45) is 5.41 Å². The van der Waals surface area contributed by atoms with Gasteiger partial charge in [0.15, 0.2) is 11.5 Å². The van der Waals surface area contributed by atoms with Gasteiger partial charge in [-0.25, -0.2) is 9.37 Å². The van der Waals surface area contributed by atoms with Crippen molar-refractivity contribution < 1.29 is 19.1 Å². The number of anilines is 2. The number of ketones is 1. The molecule has 1 amide bonds. The molecule has 1 aliphatic heterocycles. The zero-order chi connectivity index (χ0) is 23.4. The van der Waals surface area contributed by atoms with E-state index in [9.17, 15) is 19.1 Å². The molecule has 4 rings (SSSR count). The Morgan fingerprint density at radius 2 is 1.81 bits per heavy atom. The molecular weight excluding hydrogens is 411 g/mol. The van der Waals surface area contributed by atoms with E-state index in [0.717, 1.165) is 5.69 Å². The lowest BCUT2D eigenvalue weighted by Crippen LogP contribution is -2.33. The van der Waals surface area contributed by atoms with Crippen LogP contribution in [-0.2, 0) is 9.59 Å². The minimum Gasteiger partial charge on any atom is -0.503 e. The molecule has 1 atom stereocenters. The molecule has 0 bridgehead atoms. The van der Waals surface area contributed by atoms with E-state index in [1.165, 1.54) is 23.1 Å². The number of Topliss-reactive ketones (excluding diaryl/α,β-unsaturated/α-hetero) is 1. The molecule has 0 aliphatic carbocycles. The molecule has 7 nitrogen and oxygen atoms in total. The normalized spacial score (nSPS) is 16.9. The van der Waals surface area contributed by atoms with Gasteiger partial charge in [-0.05, 0) is 35.9 Å². The minimum absolute atomic E-state index is 0.0201. The summed E-state index contributed by atoms with van der Waals surface area (Å²) in [6.45, 7) is 5.21. The predicted octanol–water partition coefficient (Wildman–Crippen LogP) is 4.28. The van der Waals surface area contributed by atoms with Crippen LogP contribution >= 0.6 is 0 Å². The number of benzene rings is 2. The molecule has 8 heteroatoms. The second-order valence-corrected chi connectivity index (χ2v) is 9.13. The SMILES string of the molecule is CN(C)c1ccc(C2C(C(=O)C(C)(C)C)=C(O)C(=O)N2c2nc3ccc(F)cc3[nH]2)cc1. The van der Waals surface area contributed by atoms with E-state index >= 15 is 0 Å². The summed E-state index contributed by atoms with van der Waals surface area (Å²) in [7, 11) is 3.82. The number of aliphatic hydroxyl groups is 1. The summed E-state index contributed by atoms with van der Waals surface area (Å²) in [6, 6.07) is 10.6. The molecule has 1 aliphatic rings. The highest BCUT2D eigenvalue weighted by atomic mass is 19.1. The molecule has 2 heterocycles. The third-order valence-corrected chi connectivity index (χ3v) is 5.52. The Morgan fingerprint density at radius 3 is 2.41 bits per heavy atom. The number of imidazole rings is 1. The summed E-state index contributed by atoms with van der Waals surface area (Å²) >= 11 is 0. The lowest BCUT2D eigenvalue weighted by molar-refractivity contribution is -0.123. The molecule has 0 spiro atoms. The number of nitrogens with zero attached hydrogens (tertiary/aromatic N) is 3. The molecule has 0 radical (unpaired) electrons. The molecule has 32 heavy (non-hydrogen) atoms. The number of hydrogen-bond donors (Lipinski definition) is 2. The topological polar surface area (TPSA) is 89.5 Å². The molecular formula is C24H25FN4O3. The van der Waals surface area contributed by atoms with Crippen LogP contribution in [0.15, 0.2) is 53.8 Å². The summed E-state index contributed by atoms with van der Waals surface area (Å²) in [5, 5.41) is 10.8. The van der Waals surface area contributed by atoms with Gasteiger partial charge in [0.05, 0.1) is 22.6 Å². The monoisotopic (exact) mass is 436 g/mol. The molecule has 0 saturated carbocycles. The van der Waals surface area contributed by atoms with Crippen LogP contribution in [-0.4, -0.2) is 40.9 Å². The van der Waals surface area contributed by atoms with Gasteiger partial charge in [-0.3, -0.25) is 14.5 Å². The number of nitrogens with one attached hydrogen (secondary N) is 1. The first kappa shape index (κ1) is 21.5. The third-order valence-electron chi connectivity index (χ3n) is 5.52. The van der Waals surface area contributed by atoms with Crippen molar-refractivity contribution in [3.63, 3.8) is 0 Å². The lowest BCUT2D eigenvalue weighted by Gasteiger charge is -2.27. The van der Waals surface area contributed by atoms with Crippen LogP contribution in [0.25, 0.3) is 11.0 Å². The Hall–Kier alpha value is -3.68. The number of hydrogen-bond acceptors (Lipinski definition) is 5. The number of fused-ring (bicyclic) bond motifs is 1. The van der Waals surface area contributed by atoms with E-state index in [1.807, 2.05) is 43.3 Å². The number of H-pyrrole nitrogens is 1. The van der Waals surface area contributed by atoms with Crippen molar-refractivity contribution in [1.82, 2.24) is 9.97 Å². The number of rotatable bonds is 4. The molecule has 2 aromatic carbocycles. The molecule has 1 unspecified atom stereocenters. The first-order valence-corrected chi connectivity index (χ1v) is 10.2. The summed E-state index contributed by atoms with van der Waals surface area (Å²) in [5.41, 5.74) is 1.66. The first-order chi connectivity index (χ1) is 15.0. The number of halogens is 1. The number of aromatic nitrogens is 2. The largest absolute Gasteiger partial charge is 0.503 e. The van der Waals surface area contributed by atoms with Gasteiger partial charge >= 0.3 is 0 Å². The number of aromatic amines is 1. The van der Waals surface area contributed by atoms with E-state index in [2.05, 4.69) is 9.97 Å². The van der Waals surface area contributed by atoms with Crippen LogP contribution in [0.5, 0.6) is 0 Å². The Bertz CT molecular complexity index is 1250. The smallest absolute Gasteiger partial charge is 0.296 e. The van der Waals surface area contributed by atoms with Gasteiger partial charge in [0.25, 0.3) is 5.91 Å². The van der Waals surface area contributed by atoms with Crippen LogP contribution in [0, 0.1) is 11.2 Å². The van der Waals surface area contributed by atoms with Gasteiger partial charge in [0.2, 0.25) is 5.95 Å². The first-order valence-electron chi connectivity index (χ1n) is 10.2. The van der Waals surface area contributed by atoms with Gasteiger partial charge in [-0.1, -0.05) is 32.9 Å². The van der Waals surface area contributed by atoms with Crippen molar-refractivity contribution in [2.45, 2.75) is 26.8 Å². The van der Waals surface area contributed by atoms with Gasteiger partial charge in [-0.15, -0.1) is 0 Å². The van der Waals surface area contributed by atoms with Crippen LogP contribution < -0.4 is 9.80 Å². The quantitative estimate of drug-likeness (QED) is 0.637. The van der Waals surface area contributed by atoms with E-state index in [4.69, 9.17) is 0 Å². The van der Waals surface area contributed by atoms with Crippen molar-refractivity contribution >= 4 is 34.4 Å². The van der Waals surface area contributed by atoms with Gasteiger partial charge in [0, 0.05) is 25.2 Å². The highest BCUT2D eigenvalue weighted by Gasteiger charge is 2.47. The van der Waals surface area contributed by atoms with E-state index in [1.54, 1.807) is 20.8 Å². The van der Waals surface area contributed by atoms with Crippen LogP contribution in [0.1, 0.15) is 32.4 Å². The Morgan fingerprint density at radius 1 is 1.16 bits per heavy atom. The Kier molecular flexibility index (Phi) is 5.03. The average Bonchev–Trinajstić information content (AvgIpc) is 3.25. The molecule has 166 valence electrons. The Balaban J connectivity index is 1.89. The number of carbonyl (C=O) groups is 2. The Labute approximate surface area is 185 Å². The van der Waals surface area contributed by atoms with E-state index < -0.39 is 28.9 Å². The fourth-order valence-electron chi connectivity index (χ4n) is 3.81. The fourth-order valence-corrected chi connectivity index (χ4v) is 3.81. The van der Waals surface area contributed by atoms with E-state index in [0.29, 0.717) is 16.6 Å². The lowest BCUT2D eigenvalue weighted by atomic mass is 9.82. The maximum Gasteiger partial charge on any atom is 0.296 e. The molecule has 0 fully saturated rings. The molecule has 2 N–H and O–H groups in total. The van der Waals surface area contributed by atoms with Crippen molar-refractivity contribution in [3.05, 3.63) is 65.2 Å². The van der Waals surface area contributed by atoms with Gasteiger partial charge in [-0.2, -0.15) is 0 Å². The summed E-state index contributed by atoms with van der Waals surface area (Å²) in [4.78, 5) is 37.0. The fraction of sp³-hybridized carbons (Fsp3) is 0.292. The second kappa shape index (κ2) is 7.47. The number of aliphatic hydroxyl groups excluding tert-OH is 1. The number of amides is 1. The van der Waals surface area contributed by atoms with Crippen molar-refractivity contribution in [2.75, 3.05) is 23.9 Å². The summed E-state index contributed by atoms with van der Waals surface area (Å²) in [6.07, 6.45) is 0. The van der Waals surface area contributed by atoms with Crippen LogP contribution in [0.4, 0.5) is 16.0 Å². The third kappa shape index (κ3) is 3.51. The molecule has 0 saturated heterocycles. The summed E-state index contributed by atoms with van der Waals surface area (Å²) < 4.78 is 13.7. The van der Waals surface area contributed by atoms with Gasteiger partial charge < -0.3 is 15.0 Å². The van der Waals surface area contributed by atoms with Crippen LogP contribution in [0.3, 0.4) is 0 Å². The van der Waals surface area contributed by atoms with E-state index in [-0.39, 0.29) is 17.3 Å². The van der Waals surface area contributed by atoms with Crippen molar-refractivity contribution in [3.8, 4) is 0 Å². The number of carbonyl (C=O) groups excluding carboxylic acids is 2. The maximum absolute atomic E-state index is 13.7. The zero-order valence-electron chi connectivity index (χ0n) is 18.6. The van der Waals surface area contributed by atoms with Crippen molar-refractivity contribution in [1.29, 1.82) is 0 Å².